The molecule has 2 amide bonds. The van der Waals surface area contributed by atoms with Crippen LogP contribution in [0.15, 0.2) is 18.5 Å². The maximum atomic E-state index is 14.8. The Bertz CT molecular complexity index is 1280. The normalized spacial score (nSPS) is 13.3. The molecule has 3 aromatic rings. The molecular weight excluding hydrogens is 448 g/mol. The predicted octanol–water partition coefficient (Wildman–Crippen LogP) is 4.25. The van der Waals surface area contributed by atoms with Crippen LogP contribution in [0.3, 0.4) is 0 Å². The quantitative estimate of drug-likeness (QED) is 0.502. The number of thiophene rings is 1. The van der Waals surface area contributed by atoms with Crippen molar-refractivity contribution in [1.29, 1.82) is 0 Å². The summed E-state index contributed by atoms with van der Waals surface area (Å²) in [4.78, 5) is 22.8. The van der Waals surface area contributed by atoms with Crippen molar-refractivity contribution in [3.63, 3.8) is 0 Å². The fourth-order valence-electron chi connectivity index (χ4n) is 3.51. The van der Waals surface area contributed by atoms with Crippen LogP contribution < -0.4 is 15.4 Å². The summed E-state index contributed by atoms with van der Waals surface area (Å²) >= 11 is 1.54. The number of hydrogen-bond acceptors (Lipinski definition) is 6. The topological polar surface area (TPSA) is 113 Å². The smallest absolute Gasteiger partial charge is 0.302 e. The van der Waals surface area contributed by atoms with Gasteiger partial charge in [-0.15, -0.1) is 11.3 Å². The van der Waals surface area contributed by atoms with Gasteiger partial charge in [0.2, 0.25) is 10.0 Å². The summed E-state index contributed by atoms with van der Waals surface area (Å²) < 4.78 is 54.9. The molecule has 31 heavy (non-hydrogen) atoms. The molecule has 1 aliphatic carbocycles. The number of nitrogens with zero attached hydrogens (tertiary/aromatic N) is 2. The Hall–Kier alpha value is -2.86. The zero-order chi connectivity index (χ0) is 22.2. The fourth-order valence-corrected chi connectivity index (χ4v) is 5.87. The average molecular weight is 468 g/mol. The third-order valence-corrected chi connectivity index (χ3v) is 7.48. The van der Waals surface area contributed by atoms with E-state index in [4.69, 9.17) is 0 Å². The van der Waals surface area contributed by atoms with Crippen LogP contribution in [0.2, 0.25) is 0 Å². The van der Waals surface area contributed by atoms with E-state index in [0.29, 0.717) is 6.42 Å². The van der Waals surface area contributed by atoms with Crippen LogP contribution in [0.4, 0.5) is 30.8 Å². The predicted molar refractivity (Wildman–Crippen MR) is 116 cm³/mol. The lowest BCUT2D eigenvalue weighted by molar-refractivity contribution is 0.262. The van der Waals surface area contributed by atoms with Crippen LogP contribution in [-0.4, -0.2) is 30.2 Å². The lowest BCUT2D eigenvalue weighted by atomic mass is 10.2. The molecule has 164 valence electrons. The zero-order valence-electron chi connectivity index (χ0n) is 16.5. The molecule has 12 heteroatoms. The second-order valence-electron chi connectivity index (χ2n) is 7.04. The minimum Gasteiger partial charge on any atom is -0.302 e. The Morgan fingerprint density at radius 1 is 1.19 bits per heavy atom. The standard InChI is InChI=1S/C19H19F2N5O3S2/c1-2-8-31(28,29)26-12-7-6-11(20)16(15(12)21)24-19(27)25-17-14-10-4-3-5-13(10)30-18(14)23-9-22-17/h6-7,9,26H,2-5,8H2,1H3,(H2,22,23,24,25,27). The minimum absolute atomic E-state index is 0.220. The van der Waals surface area contributed by atoms with E-state index in [-0.39, 0.29) is 11.6 Å². The van der Waals surface area contributed by atoms with E-state index in [1.54, 1.807) is 6.92 Å². The van der Waals surface area contributed by atoms with E-state index >= 15 is 0 Å². The number of nitrogens with one attached hydrogen (secondary N) is 3. The molecule has 1 aromatic carbocycles. The summed E-state index contributed by atoms with van der Waals surface area (Å²) in [5.74, 6) is -2.24. The van der Waals surface area contributed by atoms with Gasteiger partial charge in [0.25, 0.3) is 0 Å². The van der Waals surface area contributed by atoms with Gasteiger partial charge in [-0.1, -0.05) is 6.92 Å². The molecule has 2 heterocycles. The van der Waals surface area contributed by atoms with Gasteiger partial charge in [0.1, 0.15) is 28.5 Å². The summed E-state index contributed by atoms with van der Waals surface area (Å²) in [6.07, 6.45) is 4.44. The molecule has 0 saturated heterocycles. The van der Waals surface area contributed by atoms with Gasteiger partial charge < -0.3 is 5.32 Å². The number of fused-ring (bicyclic) bond motifs is 3. The third kappa shape index (κ3) is 4.30. The summed E-state index contributed by atoms with van der Waals surface area (Å²) in [6, 6.07) is 0.921. The molecule has 4 rings (SSSR count). The van der Waals surface area contributed by atoms with E-state index in [9.17, 15) is 22.0 Å². The highest BCUT2D eigenvalue weighted by atomic mass is 32.2. The molecule has 2 aromatic heterocycles. The van der Waals surface area contributed by atoms with Crippen molar-refractivity contribution in [3.8, 4) is 0 Å². The molecular formula is C19H19F2N5O3S2. The van der Waals surface area contributed by atoms with Gasteiger partial charge in [0, 0.05) is 4.88 Å². The number of amides is 2. The van der Waals surface area contributed by atoms with E-state index < -0.39 is 39.1 Å². The Morgan fingerprint density at radius 2 is 2.00 bits per heavy atom. The van der Waals surface area contributed by atoms with Crippen LogP contribution in [-0.2, 0) is 22.9 Å². The molecule has 8 nitrogen and oxygen atoms in total. The number of sulfonamides is 1. The van der Waals surface area contributed by atoms with Gasteiger partial charge in [0.05, 0.1) is 16.8 Å². The van der Waals surface area contributed by atoms with Crippen molar-refractivity contribution in [2.45, 2.75) is 32.6 Å². The molecule has 0 saturated carbocycles. The number of aryl methyl sites for hydroxylation is 2. The third-order valence-electron chi connectivity index (χ3n) is 4.80. The minimum atomic E-state index is -3.79. The number of halogens is 2. The highest BCUT2D eigenvalue weighted by Crippen LogP contribution is 2.39. The van der Waals surface area contributed by atoms with Crippen LogP contribution in [0.25, 0.3) is 10.2 Å². The lowest BCUT2D eigenvalue weighted by Gasteiger charge is -2.13. The van der Waals surface area contributed by atoms with E-state index in [1.807, 2.05) is 0 Å². The largest absolute Gasteiger partial charge is 0.325 e. The van der Waals surface area contributed by atoms with Gasteiger partial charge in [-0.3, -0.25) is 10.0 Å². The summed E-state index contributed by atoms with van der Waals surface area (Å²) in [5, 5.41) is 5.38. The Kier molecular flexibility index (Phi) is 5.75. The summed E-state index contributed by atoms with van der Waals surface area (Å²) in [7, 11) is -3.79. The number of aromatic nitrogens is 2. The van der Waals surface area contributed by atoms with Crippen molar-refractivity contribution in [2.24, 2.45) is 0 Å². The number of urea groups is 1. The van der Waals surface area contributed by atoms with Crippen molar-refractivity contribution in [2.75, 3.05) is 21.1 Å². The number of rotatable bonds is 6. The fraction of sp³-hybridized carbons (Fsp3) is 0.316. The number of hydrogen-bond donors (Lipinski definition) is 3. The highest BCUT2D eigenvalue weighted by Gasteiger charge is 2.23. The van der Waals surface area contributed by atoms with E-state index in [1.165, 1.54) is 22.5 Å². The maximum Gasteiger partial charge on any atom is 0.325 e. The molecule has 0 radical (unpaired) electrons. The van der Waals surface area contributed by atoms with Gasteiger partial charge in [-0.25, -0.2) is 32.0 Å². The molecule has 3 N–H and O–H groups in total. The molecule has 0 atom stereocenters. The van der Waals surface area contributed by atoms with Gasteiger partial charge >= 0.3 is 6.03 Å². The first-order valence-corrected chi connectivity index (χ1v) is 12.1. The molecule has 0 unspecified atom stereocenters. The lowest BCUT2D eigenvalue weighted by Crippen LogP contribution is -2.23. The number of benzene rings is 1. The second kappa shape index (κ2) is 8.35. The van der Waals surface area contributed by atoms with Gasteiger partial charge in [-0.2, -0.15) is 0 Å². The van der Waals surface area contributed by atoms with Crippen LogP contribution >= 0.6 is 11.3 Å². The molecule has 0 spiro atoms. The summed E-state index contributed by atoms with van der Waals surface area (Å²) in [5.41, 5.74) is -0.138. The zero-order valence-corrected chi connectivity index (χ0v) is 18.1. The van der Waals surface area contributed by atoms with Crippen molar-refractivity contribution < 1.29 is 22.0 Å². The first kappa shape index (κ1) is 21.4. The van der Waals surface area contributed by atoms with Crippen LogP contribution in [0, 0.1) is 11.6 Å². The monoisotopic (exact) mass is 467 g/mol. The van der Waals surface area contributed by atoms with E-state index in [2.05, 4.69) is 25.3 Å². The first-order chi connectivity index (χ1) is 14.8. The van der Waals surface area contributed by atoms with Gasteiger partial charge in [-0.05, 0) is 43.4 Å². The number of anilines is 3. The first-order valence-electron chi connectivity index (χ1n) is 9.60. The number of carbonyl (C=O) groups is 1. The van der Waals surface area contributed by atoms with Crippen molar-refractivity contribution >= 4 is 54.8 Å². The van der Waals surface area contributed by atoms with Gasteiger partial charge in [0.15, 0.2) is 5.82 Å². The second-order valence-corrected chi connectivity index (χ2v) is 9.97. The van der Waals surface area contributed by atoms with Crippen molar-refractivity contribution in [3.05, 3.63) is 40.5 Å². The number of carbonyl (C=O) groups excluding carboxylic acids is 1. The SMILES string of the molecule is CCCS(=O)(=O)Nc1ccc(F)c(NC(=O)Nc2ncnc3sc4c(c23)CCC4)c1F. The van der Waals surface area contributed by atoms with Crippen LogP contribution in [0.1, 0.15) is 30.2 Å². The average Bonchev–Trinajstić information content (AvgIpc) is 3.28. The highest BCUT2D eigenvalue weighted by molar-refractivity contribution is 7.92. The molecule has 0 aliphatic heterocycles. The Balaban J connectivity index is 1.58. The maximum absolute atomic E-state index is 14.8. The van der Waals surface area contributed by atoms with E-state index in [0.717, 1.165) is 47.2 Å². The Labute approximate surface area is 181 Å². The molecule has 0 fully saturated rings. The Morgan fingerprint density at radius 3 is 2.77 bits per heavy atom. The van der Waals surface area contributed by atoms with Crippen molar-refractivity contribution in [1.82, 2.24) is 9.97 Å². The van der Waals surface area contributed by atoms with Crippen LogP contribution in [0.5, 0.6) is 0 Å². The molecule has 0 bridgehead atoms. The summed E-state index contributed by atoms with van der Waals surface area (Å²) in [6.45, 7) is 1.66. The molecule has 1 aliphatic rings.